The molecule has 314 valence electrons. The number of nitrogens with one attached hydrogen (secondary N) is 3. The van der Waals surface area contributed by atoms with Crippen LogP contribution in [0.1, 0.15) is 68.7 Å². The second-order valence-electron chi connectivity index (χ2n) is 15.8. The van der Waals surface area contributed by atoms with Crippen LogP contribution >= 0.6 is 0 Å². The number of fused-ring (bicyclic) bond motifs is 4. The van der Waals surface area contributed by atoms with E-state index in [2.05, 4.69) is 20.5 Å². The highest BCUT2D eigenvalue weighted by Gasteiger charge is 2.37. The quantitative estimate of drug-likeness (QED) is 0.0511. The molecule has 6 aromatic rings. The van der Waals surface area contributed by atoms with Crippen LogP contribution in [0.5, 0.6) is 11.5 Å². The summed E-state index contributed by atoms with van der Waals surface area (Å²) in [6.07, 6.45) is 1.42. The molecule has 3 aliphatic rings. The van der Waals surface area contributed by atoms with Gasteiger partial charge in [-0.05, 0) is 115 Å². The van der Waals surface area contributed by atoms with Gasteiger partial charge < -0.3 is 40.0 Å². The zero-order chi connectivity index (χ0) is 42.1. The average molecular weight is 823 g/mol. The number of ether oxygens (including phenoxy) is 3. The molecule has 5 N–H and O–H groups in total. The van der Waals surface area contributed by atoms with E-state index in [-0.39, 0.29) is 37.2 Å². The van der Waals surface area contributed by atoms with Gasteiger partial charge in [0.2, 0.25) is 5.56 Å². The summed E-state index contributed by atoms with van der Waals surface area (Å²) in [5.74, 6) is 0.530. The molecule has 2 bridgehead atoms. The number of hydrogen-bond donors (Lipinski definition) is 5. The molecule has 12 nitrogen and oxygen atoms in total. The Morgan fingerprint density at radius 3 is 2.36 bits per heavy atom. The Morgan fingerprint density at radius 1 is 0.803 bits per heavy atom. The number of carbonyl (C=O) groups excluding carboxylic acids is 2. The van der Waals surface area contributed by atoms with Crippen molar-refractivity contribution in [2.45, 2.75) is 50.7 Å². The topological polar surface area (TPSA) is 162 Å². The number of benzene rings is 5. The summed E-state index contributed by atoms with van der Waals surface area (Å²) in [7, 11) is 0. The maximum absolute atomic E-state index is 13.3. The van der Waals surface area contributed by atoms with Crippen molar-refractivity contribution in [3.05, 3.63) is 177 Å². The summed E-state index contributed by atoms with van der Waals surface area (Å²) in [5.41, 5.74) is 5.45. The number of phenolic OH excluding ortho intramolecular Hbond substituents is 1. The van der Waals surface area contributed by atoms with Gasteiger partial charge in [0.05, 0.1) is 23.2 Å². The number of hydrogen-bond acceptors (Lipinski definition) is 10. The molecule has 0 spiro atoms. The highest BCUT2D eigenvalue weighted by atomic mass is 16.6. The number of aromatic nitrogens is 1. The molecule has 3 aliphatic heterocycles. The van der Waals surface area contributed by atoms with Crippen molar-refractivity contribution in [2.75, 3.05) is 32.7 Å². The summed E-state index contributed by atoms with van der Waals surface area (Å²) in [6.45, 7) is 4.11. The largest absolute Gasteiger partial charge is 0.506 e. The monoisotopic (exact) mass is 822 g/mol. The van der Waals surface area contributed by atoms with E-state index in [1.54, 1.807) is 30.3 Å². The van der Waals surface area contributed by atoms with Gasteiger partial charge in [0.15, 0.2) is 0 Å². The van der Waals surface area contributed by atoms with Gasteiger partial charge in [0.1, 0.15) is 30.8 Å². The number of carbonyl (C=O) groups is 2. The number of pyridine rings is 1. The number of aromatic amines is 1. The van der Waals surface area contributed by atoms with Gasteiger partial charge in [-0.25, -0.2) is 9.59 Å². The Bertz CT molecular complexity index is 2520. The first kappa shape index (κ1) is 41.3. The number of aromatic hydroxyl groups is 1. The number of rotatable bonds is 16. The lowest BCUT2D eigenvalue weighted by molar-refractivity contribution is -0.0336. The Kier molecular flexibility index (Phi) is 13.0. The van der Waals surface area contributed by atoms with E-state index >= 15 is 0 Å². The van der Waals surface area contributed by atoms with E-state index < -0.39 is 24.2 Å². The average Bonchev–Trinajstić information content (AvgIpc) is 3.29. The Hall–Kier alpha value is -6.47. The third-order valence-corrected chi connectivity index (χ3v) is 11.6. The molecule has 1 amide bonds. The van der Waals surface area contributed by atoms with E-state index in [0.717, 1.165) is 60.3 Å². The number of alkyl carbamates (subject to hydrolysis) is 1. The predicted octanol–water partition coefficient (Wildman–Crippen LogP) is 6.95. The lowest BCUT2D eigenvalue weighted by atomic mass is 9.86. The van der Waals surface area contributed by atoms with Crippen LogP contribution in [0, 0.1) is 5.92 Å². The molecular weight excluding hydrogens is 773 g/mol. The molecule has 61 heavy (non-hydrogen) atoms. The van der Waals surface area contributed by atoms with E-state index in [1.807, 2.05) is 84.9 Å². The molecule has 3 fully saturated rings. The zero-order valence-corrected chi connectivity index (χ0v) is 33.8. The minimum absolute atomic E-state index is 0.0534. The van der Waals surface area contributed by atoms with Gasteiger partial charge in [-0.3, -0.25) is 9.69 Å². The van der Waals surface area contributed by atoms with Gasteiger partial charge in [-0.15, -0.1) is 0 Å². The molecule has 0 radical (unpaired) electrons. The van der Waals surface area contributed by atoms with Crippen molar-refractivity contribution in [1.82, 2.24) is 20.5 Å². The third-order valence-electron chi connectivity index (χ3n) is 11.6. The standard InChI is InChI=1S/C49H50N4O8/c54-42-17-15-40(41-16-18-45(56)51-47(41)42)43(55)28-50-22-19-32-7-4-8-33(25-32)31-60-48(57)38-13-5-9-34(26-38)30-59-39-14-6-12-37(27-39)46(36-10-2-1-3-11-36)52-49(58)61-44-29-53-23-20-35(44)21-24-53/h1-18,25-27,35,43-44,46,50,54-55H,19-24,28-31H2,(H,51,56)(H,52,58)/t43-,44-,46?/m0/s1. The van der Waals surface area contributed by atoms with Crippen LogP contribution < -0.4 is 20.9 Å². The summed E-state index contributed by atoms with van der Waals surface area (Å²) in [6, 6.07) is 38.1. The van der Waals surface area contributed by atoms with E-state index in [9.17, 15) is 24.6 Å². The van der Waals surface area contributed by atoms with Gasteiger partial charge in [0, 0.05) is 24.5 Å². The number of nitrogens with zero attached hydrogens (tertiary/aromatic N) is 1. The fourth-order valence-corrected chi connectivity index (χ4v) is 8.32. The number of piperidine rings is 3. The molecule has 0 aliphatic carbocycles. The summed E-state index contributed by atoms with van der Waals surface area (Å²) < 4.78 is 17.9. The first-order valence-electron chi connectivity index (χ1n) is 20.8. The highest BCUT2D eigenvalue weighted by Crippen LogP contribution is 2.31. The Labute approximate surface area is 354 Å². The van der Waals surface area contributed by atoms with Crippen molar-refractivity contribution in [3.8, 4) is 11.5 Å². The SMILES string of the molecule is O=C(NC(c1ccccc1)c1cccc(OCc2cccc(C(=O)OCc3cccc(CCNC[C@H](O)c4ccc(O)c5[nH]c(=O)ccc45)c3)c2)c1)O[C@H]1CN2CCC1CC2. The minimum Gasteiger partial charge on any atom is -0.506 e. The predicted molar refractivity (Wildman–Crippen MR) is 231 cm³/mol. The minimum atomic E-state index is -0.852. The normalized spacial score (nSPS) is 18.0. The molecule has 12 heteroatoms. The number of aliphatic hydroxyl groups is 1. The van der Waals surface area contributed by atoms with Crippen molar-refractivity contribution < 1.29 is 34.0 Å². The fourth-order valence-electron chi connectivity index (χ4n) is 8.32. The van der Waals surface area contributed by atoms with Crippen molar-refractivity contribution in [2.24, 2.45) is 5.92 Å². The van der Waals surface area contributed by atoms with Crippen LogP contribution in [0.15, 0.2) is 132 Å². The molecule has 3 saturated heterocycles. The number of esters is 1. The fraction of sp³-hybridized carbons (Fsp3) is 0.286. The molecule has 5 aromatic carbocycles. The Balaban J connectivity index is 0.822. The van der Waals surface area contributed by atoms with E-state index in [0.29, 0.717) is 46.7 Å². The molecule has 9 rings (SSSR count). The molecule has 3 atom stereocenters. The molecular formula is C49H50N4O8. The molecule has 1 aromatic heterocycles. The highest BCUT2D eigenvalue weighted by molar-refractivity contribution is 5.89. The smallest absolute Gasteiger partial charge is 0.408 e. The lowest BCUT2D eigenvalue weighted by Crippen LogP contribution is -2.52. The van der Waals surface area contributed by atoms with Gasteiger partial charge in [-0.1, -0.05) is 84.9 Å². The Morgan fingerprint density at radius 2 is 1.56 bits per heavy atom. The van der Waals surface area contributed by atoms with E-state index in [1.165, 1.54) is 12.1 Å². The van der Waals surface area contributed by atoms with Crippen molar-refractivity contribution in [1.29, 1.82) is 0 Å². The first-order chi connectivity index (χ1) is 29.8. The van der Waals surface area contributed by atoms with Gasteiger partial charge in [-0.2, -0.15) is 0 Å². The lowest BCUT2D eigenvalue weighted by Gasteiger charge is -2.43. The van der Waals surface area contributed by atoms with Crippen LogP contribution in [-0.4, -0.2) is 71.0 Å². The summed E-state index contributed by atoms with van der Waals surface area (Å²) in [5, 5.41) is 28.0. The third kappa shape index (κ3) is 10.5. The molecule has 0 saturated carbocycles. The van der Waals surface area contributed by atoms with Gasteiger partial charge in [0.25, 0.3) is 0 Å². The first-order valence-corrected chi connectivity index (χ1v) is 20.8. The van der Waals surface area contributed by atoms with Crippen LogP contribution in [0.4, 0.5) is 4.79 Å². The second kappa shape index (κ2) is 19.3. The van der Waals surface area contributed by atoms with Crippen LogP contribution in [0.2, 0.25) is 0 Å². The maximum atomic E-state index is 13.3. The second-order valence-corrected chi connectivity index (χ2v) is 15.8. The molecule has 1 unspecified atom stereocenters. The summed E-state index contributed by atoms with van der Waals surface area (Å²) in [4.78, 5) is 43.2. The van der Waals surface area contributed by atoms with Crippen molar-refractivity contribution >= 4 is 23.0 Å². The molecule has 4 heterocycles. The van der Waals surface area contributed by atoms with Crippen molar-refractivity contribution in [3.63, 3.8) is 0 Å². The number of aliphatic hydroxyl groups excluding tert-OH is 1. The van der Waals surface area contributed by atoms with Crippen LogP contribution in [0.25, 0.3) is 10.9 Å². The zero-order valence-electron chi connectivity index (χ0n) is 33.8. The number of amides is 1. The van der Waals surface area contributed by atoms with Crippen LogP contribution in [0.3, 0.4) is 0 Å². The van der Waals surface area contributed by atoms with Gasteiger partial charge >= 0.3 is 12.1 Å². The van der Waals surface area contributed by atoms with E-state index in [4.69, 9.17) is 14.2 Å². The number of H-pyrrole nitrogens is 1. The van der Waals surface area contributed by atoms with Crippen LogP contribution in [-0.2, 0) is 29.1 Å². The summed E-state index contributed by atoms with van der Waals surface area (Å²) >= 11 is 0. The number of phenols is 1. The maximum Gasteiger partial charge on any atom is 0.408 e.